The quantitative estimate of drug-likeness (QED) is 0.516. The SMILES string of the molecule is Cn1cc(C(=O)N2CCC(c3ccc(F)cc3)CC2)c(Nc2ccc(S(C)(=O)=O)c(C#N)c2)c(Cl)c1=O. The van der Waals surface area contributed by atoms with Gasteiger partial charge in [-0.3, -0.25) is 9.59 Å². The van der Waals surface area contributed by atoms with Crippen LogP contribution in [0.4, 0.5) is 15.8 Å². The van der Waals surface area contributed by atoms with Crippen LogP contribution in [0.15, 0.2) is 58.4 Å². The summed E-state index contributed by atoms with van der Waals surface area (Å²) >= 11 is 6.37. The van der Waals surface area contributed by atoms with Gasteiger partial charge in [0, 0.05) is 38.3 Å². The first-order chi connectivity index (χ1) is 17.5. The fourth-order valence-electron chi connectivity index (χ4n) is 4.47. The number of pyridine rings is 1. The number of sulfone groups is 1. The van der Waals surface area contributed by atoms with Crippen molar-refractivity contribution in [3.63, 3.8) is 0 Å². The number of nitrogens with zero attached hydrogens (tertiary/aromatic N) is 3. The van der Waals surface area contributed by atoms with Crippen molar-refractivity contribution >= 4 is 38.7 Å². The average molecular weight is 543 g/mol. The van der Waals surface area contributed by atoms with Crippen LogP contribution in [0.5, 0.6) is 0 Å². The van der Waals surface area contributed by atoms with E-state index >= 15 is 0 Å². The molecule has 4 rings (SSSR count). The lowest BCUT2D eigenvalue weighted by molar-refractivity contribution is 0.0713. The van der Waals surface area contributed by atoms with Crippen LogP contribution in [0.1, 0.15) is 40.2 Å². The Morgan fingerprint density at radius 3 is 2.41 bits per heavy atom. The zero-order valence-corrected chi connectivity index (χ0v) is 21.7. The minimum atomic E-state index is -3.63. The molecule has 0 bridgehead atoms. The summed E-state index contributed by atoms with van der Waals surface area (Å²) in [5.41, 5.74) is 0.951. The van der Waals surface area contributed by atoms with E-state index in [0.717, 1.165) is 11.8 Å². The summed E-state index contributed by atoms with van der Waals surface area (Å²) in [5.74, 6) is -0.426. The van der Waals surface area contributed by atoms with Crippen molar-refractivity contribution in [2.75, 3.05) is 24.7 Å². The number of nitrogens with one attached hydrogen (secondary N) is 1. The molecular formula is C26H24ClFN4O4S. The van der Waals surface area contributed by atoms with Gasteiger partial charge in [0.05, 0.1) is 21.7 Å². The fraction of sp³-hybridized carbons (Fsp3) is 0.269. The highest BCUT2D eigenvalue weighted by Crippen LogP contribution is 2.32. The Morgan fingerprint density at radius 2 is 1.81 bits per heavy atom. The van der Waals surface area contributed by atoms with E-state index in [9.17, 15) is 27.7 Å². The number of aryl methyl sites for hydroxylation is 1. The molecule has 37 heavy (non-hydrogen) atoms. The molecule has 11 heteroatoms. The maximum absolute atomic E-state index is 13.6. The van der Waals surface area contributed by atoms with Crippen LogP contribution < -0.4 is 10.9 Å². The summed E-state index contributed by atoms with van der Waals surface area (Å²) in [6.07, 6.45) is 3.79. The number of anilines is 2. The first-order valence-electron chi connectivity index (χ1n) is 11.4. The van der Waals surface area contributed by atoms with E-state index in [1.807, 2.05) is 6.07 Å². The van der Waals surface area contributed by atoms with Crippen LogP contribution >= 0.6 is 11.6 Å². The van der Waals surface area contributed by atoms with Gasteiger partial charge in [0.1, 0.15) is 16.9 Å². The summed E-state index contributed by atoms with van der Waals surface area (Å²) in [6, 6.07) is 12.3. The molecule has 0 atom stereocenters. The monoisotopic (exact) mass is 542 g/mol. The Labute approximate surface area is 218 Å². The Bertz CT molecular complexity index is 1570. The molecule has 0 saturated carbocycles. The van der Waals surface area contributed by atoms with E-state index in [1.54, 1.807) is 17.0 Å². The van der Waals surface area contributed by atoms with Gasteiger partial charge in [0.25, 0.3) is 11.5 Å². The smallest absolute Gasteiger partial charge is 0.271 e. The van der Waals surface area contributed by atoms with Gasteiger partial charge in [-0.2, -0.15) is 5.26 Å². The van der Waals surface area contributed by atoms with E-state index in [0.29, 0.717) is 31.6 Å². The van der Waals surface area contributed by atoms with E-state index in [1.165, 1.54) is 48.1 Å². The van der Waals surface area contributed by atoms with Crippen LogP contribution in [0.3, 0.4) is 0 Å². The lowest BCUT2D eigenvalue weighted by Gasteiger charge is -2.33. The Morgan fingerprint density at radius 1 is 1.16 bits per heavy atom. The van der Waals surface area contributed by atoms with Gasteiger partial charge in [0.15, 0.2) is 9.84 Å². The van der Waals surface area contributed by atoms with Crippen molar-refractivity contribution in [2.45, 2.75) is 23.7 Å². The fourth-order valence-corrected chi connectivity index (χ4v) is 5.57. The predicted octanol–water partition coefficient (Wildman–Crippen LogP) is 4.22. The van der Waals surface area contributed by atoms with Crippen molar-refractivity contribution in [3.05, 3.63) is 86.5 Å². The Kier molecular flexibility index (Phi) is 7.39. The number of rotatable bonds is 5. The maximum Gasteiger partial charge on any atom is 0.271 e. The van der Waals surface area contributed by atoms with Crippen LogP contribution in [0.25, 0.3) is 0 Å². The highest BCUT2D eigenvalue weighted by Gasteiger charge is 2.28. The second-order valence-electron chi connectivity index (χ2n) is 8.99. The minimum absolute atomic E-state index is 0.0754. The highest BCUT2D eigenvalue weighted by molar-refractivity contribution is 7.90. The third kappa shape index (κ3) is 5.53. The standard InChI is InChI=1S/C26H24ClFN4O4S/c1-31-15-21(25(33)32-11-9-17(10-12-32)16-3-5-19(28)6-4-16)24(23(27)26(31)34)30-20-7-8-22(37(2,35)36)18(13-20)14-29/h3-8,13,15,17,30H,9-12H2,1-2H3. The van der Waals surface area contributed by atoms with E-state index in [4.69, 9.17) is 11.6 Å². The van der Waals surface area contributed by atoms with Gasteiger partial charge in [-0.05, 0) is 54.7 Å². The molecule has 8 nitrogen and oxygen atoms in total. The average Bonchev–Trinajstić information content (AvgIpc) is 2.88. The lowest BCUT2D eigenvalue weighted by Crippen LogP contribution is -2.39. The van der Waals surface area contributed by atoms with E-state index < -0.39 is 15.4 Å². The topological polar surface area (TPSA) is 112 Å². The third-order valence-corrected chi connectivity index (χ3v) is 7.95. The second-order valence-corrected chi connectivity index (χ2v) is 11.3. The molecule has 0 aliphatic carbocycles. The van der Waals surface area contributed by atoms with Gasteiger partial charge in [-0.25, -0.2) is 12.8 Å². The summed E-state index contributed by atoms with van der Waals surface area (Å²) in [5, 5.41) is 12.2. The number of benzene rings is 2. The largest absolute Gasteiger partial charge is 0.353 e. The van der Waals surface area contributed by atoms with E-state index in [-0.39, 0.29) is 44.4 Å². The molecule has 0 radical (unpaired) electrons. The van der Waals surface area contributed by atoms with E-state index in [2.05, 4.69) is 5.32 Å². The maximum atomic E-state index is 13.6. The molecule has 1 saturated heterocycles. The number of carbonyl (C=O) groups excluding carboxylic acids is 1. The molecule has 1 N–H and O–H groups in total. The van der Waals surface area contributed by atoms with Gasteiger partial charge < -0.3 is 14.8 Å². The summed E-state index contributed by atoms with van der Waals surface area (Å²) in [4.78, 5) is 27.7. The molecule has 1 aliphatic heterocycles. The molecule has 1 fully saturated rings. The van der Waals surface area contributed by atoms with Gasteiger partial charge in [-0.15, -0.1) is 0 Å². The first kappa shape index (κ1) is 26.4. The molecule has 3 aromatic rings. The van der Waals surface area contributed by atoms with Crippen LogP contribution in [0, 0.1) is 17.1 Å². The summed E-state index contributed by atoms with van der Waals surface area (Å²) in [7, 11) is -2.14. The normalized spacial score (nSPS) is 14.3. The lowest BCUT2D eigenvalue weighted by atomic mass is 9.89. The van der Waals surface area contributed by atoms with Crippen molar-refractivity contribution in [1.29, 1.82) is 5.26 Å². The predicted molar refractivity (Wildman–Crippen MR) is 139 cm³/mol. The molecule has 2 aromatic carbocycles. The number of hydrogen-bond acceptors (Lipinski definition) is 6. The number of halogens is 2. The molecule has 0 unspecified atom stereocenters. The summed E-state index contributed by atoms with van der Waals surface area (Å²) in [6.45, 7) is 0.921. The van der Waals surface area contributed by atoms with Gasteiger partial charge in [0.2, 0.25) is 0 Å². The minimum Gasteiger partial charge on any atom is -0.353 e. The first-order valence-corrected chi connectivity index (χ1v) is 13.7. The number of amides is 1. The van der Waals surface area contributed by atoms with Crippen molar-refractivity contribution < 1.29 is 17.6 Å². The van der Waals surface area contributed by atoms with Crippen molar-refractivity contribution in [3.8, 4) is 6.07 Å². The van der Waals surface area contributed by atoms with Crippen LogP contribution in [-0.2, 0) is 16.9 Å². The number of hydrogen-bond donors (Lipinski definition) is 1. The van der Waals surface area contributed by atoms with Crippen LogP contribution in [-0.4, -0.2) is 43.1 Å². The number of carbonyl (C=O) groups is 1. The zero-order valence-electron chi connectivity index (χ0n) is 20.2. The zero-order chi connectivity index (χ0) is 26.9. The second kappa shape index (κ2) is 10.4. The number of aromatic nitrogens is 1. The molecule has 1 aromatic heterocycles. The Hall–Kier alpha value is -3.68. The van der Waals surface area contributed by atoms with Gasteiger partial charge in [-0.1, -0.05) is 23.7 Å². The van der Waals surface area contributed by atoms with Crippen molar-refractivity contribution in [2.24, 2.45) is 7.05 Å². The molecule has 192 valence electrons. The molecular weight excluding hydrogens is 519 g/mol. The molecule has 1 aliphatic rings. The highest BCUT2D eigenvalue weighted by atomic mass is 35.5. The molecule has 0 spiro atoms. The Balaban J connectivity index is 1.63. The number of piperidine rings is 1. The third-order valence-electron chi connectivity index (χ3n) is 6.44. The van der Waals surface area contributed by atoms with Crippen molar-refractivity contribution in [1.82, 2.24) is 9.47 Å². The molecule has 2 heterocycles. The summed E-state index contributed by atoms with van der Waals surface area (Å²) < 4.78 is 38.4. The molecule has 1 amide bonds. The van der Waals surface area contributed by atoms with Gasteiger partial charge >= 0.3 is 0 Å². The van der Waals surface area contributed by atoms with Crippen LogP contribution in [0.2, 0.25) is 5.02 Å². The number of likely N-dealkylation sites (tertiary alicyclic amines) is 1. The number of nitriles is 1.